The summed E-state index contributed by atoms with van der Waals surface area (Å²) in [6.07, 6.45) is 0.608. The van der Waals surface area contributed by atoms with Crippen molar-refractivity contribution in [3.63, 3.8) is 0 Å². The summed E-state index contributed by atoms with van der Waals surface area (Å²) in [7, 11) is 0. The molecule has 10 heteroatoms. The molecular formula is C22H24N4O6. The molecule has 3 aromatic rings. The number of carboxylic acid groups (broad SMARTS) is 1. The van der Waals surface area contributed by atoms with Gasteiger partial charge in [0.15, 0.2) is 0 Å². The number of hydrogen-bond acceptors (Lipinski definition) is 6. The number of benzene rings is 2. The van der Waals surface area contributed by atoms with Crippen LogP contribution in [0.2, 0.25) is 0 Å². The van der Waals surface area contributed by atoms with Crippen LogP contribution in [-0.2, 0) is 9.59 Å². The number of β-amino-alcohol motifs (C(OH)–C–C–N with tert-alkyl or cyclic N) is 1. The van der Waals surface area contributed by atoms with E-state index in [2.05, 4.69) is 15.2 Å². The molecule has 1 aliphatic heterocycles. The molecule has 2 heterocycles. The number of aliphatic carboxylic acids is 1. The Morgan fingerprint density at radius 1 is 1.16 bits per heavy atom. The number of likely N-dealkylation sites (tertiary alicyclic amines) is 1. The van der Waals surface area contributed by atoms with Crippen LogP contribution in [0.1, 0.15) is 30.6 Å². The molecule has 1 aliphatic rings. The highest BCUT2D eigenvalue weighted by atomic mass is 16.4. The van der Waals surface area contributed by atoms with Gasteiger partial charge in [-0.1, -0.05) is 18.2 Å². The van der Waals surface area contributed by atoms with Gasteiger partial charge in [0.2, 0.25) is 0 Å². The molecule has 0 radical (unpaired) electrons. The number of amides is 1. The molecule has 32 heavy (non-hydrogen) atoms. The summed E-state index contributed by atoms with van der Waals surface area (Å²) in [4.78, 5) is 39.5. The molecule has 1 aromatic heterocycles. The number of phenolic OH excluding ortho intramolecular Hbond substituents is 1. The Bertz CT molecular complexity index is 1210. The molecule has 1 amide bonds. The molecule has 168 valence electrons. The maximum Gasteiger partial charge on any atom is 0.394 e. The van der Waals surface area contributed by atoms with Crippen molar-refractivity contribution in [2.24, 2.45) is 0 Å². The Morgan fingerprint density at radius 3 is 2.59 bits per heavy atom. The number of fused-ring (bicyclic) bond motifs is 1. The third kappa shape index (κ3) is 4.36. The zero-order valence-electron chi connectivity index (χ0n) is 17.2. The number of phenols is 1. The maximum absolute atomic E-state index is 12.4. The molecule has 10 nitrogen and oxygen atoms in total. The summed E-state index contributed by atoms with van der Waals surface area (Å²) in [6, 6.07) is 11.8. The van der Waals surface area contributed by atoms with Crippen LogP contribution < -0.4 is 11.0 Å². The van der Waals surface area contributed by atoms with E-state index in [-0.39, 0.29) is 23.2 Å². The SMILES string of the molecule is O=C(O)C(=O)Nc1cc(C(O)CN2CCC(n3c(=O)[nH]c4ccccc43)CC2)ccc1O. The minimum absolute atomic E-state index is 0.0681. The molecule has 1 atom stereocenters. The Balaban J connectivity index is 1.40. The summed E-state index contributed by atoms with van der Waals surface area (Å²) >= 11 is 0. The Hall–Kier alpha value is -3.63. The van der Waals surface area contributed by atoms with Crippen molar-refractivity contribution in [2.45, 2.75) is 25.0 Å². The third-order valence-electron chi connectivity index (χ3n) is 5.83. The highest BCUT2D eigenvalue weighted by Crippen LogP contribution is 2.29. The first-order valence-electron chi connectivity index (χ1n) is 10.3. The molecule has 0 bridgehead atoms. The molecule has 1 unspecified atom stereocenters. The minimum atomic E-state index is -1.67. The fourth-order valence-electron chi connectivity index (χ4n) is 4.18. The zero-order valence-corrected chi connectivity index (χ0v) is 17.2. The number of carbonyl (C=O) groups excluding carboxylic acids is 1. The molecule has 2 aromatic carbocycles. The van der Waals surface area contributed by atoms with Crippen LogP contribution in [0.25, 0.3) is 11.0 Å². The van der Waals surface area contributed by atoms with E-state index in [1.807, 2.05) is 24.3 Å². The van der Waals surface area contributed by atoms with Crippen LogP contribution in [0, 0.1) is 0 Å². The first-order chi connectivity index (χ1) is 15.3. The zero-order chi connectivity index (χ0) is 22.8. The minimum Gasteiger partial charge on any atom is -0.506 e. The van der Waals surface area contributed by atoms with Crippen molar-refractivity contribution in [3.8, 4) is 5.75 Å². The molecule has 1 fully saturated rings. The van der Waals surface area contributed by atoms with Crippen LogP contribution in [0.15, 0.2) is 47.3 Å². The lowest BCUT2D eigenvalue weighted by atomic mass is 10.0. The van der Waals surface area contributed by atoms with Crippen molar-refractivity contribution in [2.75, 3.05) is 25.0 Å². The van der Waals surface area contributed by atoms with Crippen molar-refractivity contribution in [1.29, 1.82) is 0 Å². The predicted octanol–water partition coefficient (Wildman–Crippen LogP) is 1.43. The van der Waals surface area contributed by atoms with Crippen LogP contribution in [0.5, 0.6) is 5.75 Å². The van der Waals surface area contributed by atoms with E-state index in [1.54, 1.807) is 4.57 Å². The Kier molecular flexibility index (Phi) is 5.97. The van der Waals surface area contributed by atoms with Gasteiger partial charge in [-0.3, -0.25) is 9.36 Å². The van der Waals surface area contributed by atoms with E-state index in [4.69, 9.17) is 5.11 Å². The molecule has 0 spiro atoms. The average Bonchev–Trinajstić information content (AvgIpc) is 3.11. The predicted molar refractivity (Wildman–Crippen MR) is 117 cm³/mol. The molecule has 0 aliphatic carbocycles. The Labute approximate surface area is 182 Å². The van der Waals surface area contributed by atoms with E-state index in [0.29, 0.717) is 25.2 Å². The highest BCUT2D eigenvalue weighted by molar-refractivity contribution is 6.36. The quantitative estimate of drug-likeness (QED) is 0.298. The van der Waals surface area contributed by atoms with Gasteiger partial charge in [0.05, 0.1) is 22.8 Å². The number of nitrogens with zero attached hydrogens (tertiary/aromatic N) is 2. The van der Waals surface area contributed by atoms with Gasteiger partial charge in [0.1, 0.15) is 5.75 Å². The number of carbonyl (C=O) groups is 2. The lowest BCUT2D eigenvalue weighted by molar-refractivity contribution is -0.147. The first kappa shape index (κ1) is 21.6. The van der Waals surface area contributed by atoms with Crippen LogP contribution in [0.4, 0.5) is 5.69 Å². The van der Waals surface area contributed by atoms with Crippen molar-refractivity contribution < 1.29 is 24.9 Å². The number of rotatable bonds is 5. The van der Waals surface area contributed by atoms with Gasteiger partial charge in [0.25, 0.3) is 0 Å². The molecule has 1 saturated heterocycles. The molecule has 5 N–H and O–H groups in total. The molecule has 4 rings (SSSR count). The van der Waals surface area contributed by atoms with Crippen molar-refractivity contribution >= 4 is 28.6 Å². The lowest BCUT2D eigenvalue weighted by Gasteiger charge is -2.33. The van der Waals surface area contributed by atoms with E-state index >= 15 is 0 Å². The van der Waals surface area contributed by atoms with Crippen molar-refractivity contribution in [1.82, 2.24) is 14.5 Å². The van der Waals surface area contributed by atoms with Crippen LogP contribution in [0.3, 0.4) is 0 Å². The van der Waals surface area contributed by atoms with Crippen LogP contribution >= 0.6 is 0 Å². The monoisotopic (exact) mass is 440 g/mol. The normalized spacial score (nSPS) is 16.2. The number of nitrogens with one attached hydrogen (secondary N) is 2. The summed E-state index contributed by atoms with van der Waals surface area (Å²) in [5.41, 5.74) is 1.94. The smallest absolute Gasteiger partial charge is 0.394 e. The number of hydrogen-bond donors (Lipinski definition) is 5. The number of para-hydroxylation sites is 2. The largest absolute Gasteiger partial charge is 0.506 e. The number of aromatic hydroxyl groups is 1. The number of imidazole rings is 1. The maximum atomic E-state index is 12.4. The van der Waals surface area contributed by atoms with Gasteiger partial charge in [-0.05, 0) is 42.7 Å². The number of aromatic amines is 1. The Morgan fingerprint density at radius 2 is 1.88 bits per heavy atom. The van der Waals surface area contributed by atoms with Crippen LogP contribution in [-0.4, -0.2) is 61.3 Å². The number of aliphatic hydroxyl groups excluding tert-OH is 1. The van der Waals surface area contributed by atoms with Crippen molar-refractivity contribution in [3.05, 3.63) is 58.5 Å². The number of H-pyrrole nitrogens is 1. The number of piperidine rings is 1. The van der Waals surface area contributed by atoms with E-state index in [1.165, 1.54) is 18.2 Å². The summed E-state index contributed by atoms with van der Waals surface area (Å²) < 4.78 is 1.81. The lowest BCUT2D eigenvalue weighted by Crippen LogP contribution is -2.39. The number of aromatic nitrogens is 2. The fraction of sp³-hybridized carbons (Fsp3) is 0.318. The molecule has 0 saturated carbocycles. The first-order valence-corrected chi connectivity index (χ1v) is 10.3. The van der Waals surface area contributed by atoms with E-state index in [0.717, 1.165) is 23.9 Å². The van der Waals surface area contributed by atoms with Gasteiger partial charge in [-0.25, -0.2) is 9.59 Å². The summed E-state index contributed by atoms with van der Waals surface area (Å²) in [5, 5.41) is 31.3. The highest BCUT2D eigenvalue weighted by Gasteiger charge is 2.25. The third-order valence-corrected chi connectivity index (χ3v) is 5.83. The second-order valence-electron chi connectivity index (χ2n) is 7.90. The van der Waals surface area contributed by atoms with Gasteiger partial charge in [-0.2, -0.15) is 0 Å². The molecular weight excluding hydrogens is 416 g/mol. The van der Waals surface area contributed by atoms with E-state index < -0.39 is 18.0 Å². The van der Waals surface area contributed by atoms with Gasteiger partial charge in [0, 0.05) is 25.7 Å². The second-order valence-corrected chi connectivity index (χ2v) is 7.90. The summed E-state index contributed by atoms with van der Waals surface area (Å²) in [6.45, 7) is 1.70. The van der Waals surface area contributed by atoms with Gasteiger partial charge < -0.3 is 30.5 Å². The number of carboxylic acids is 1. The standard InChI is InChI=1S/C22H24N4O6/c27-18-6-5-13(11-16(18)23-20(29)21(30)31)19(28)12-25-9-7-14(8-10-25)26-17-4-2-1-3-15(17)24-22(26)32/h1-6,11,14,19,27-28H,7-10,12H2,(H,23,29)(H,24,32)(H,30,31). The topological polar surface area (TPSA) is 148 Å². The van der Waals surface area contributed by atoms with E-state index in [9.17, 15) is 24.6 Å². The van der Waals surface area contributed by atoms with Gasteiger partial charge >= 0.3 is 17.6 Å². The average molecular weight is 440 g/mol. The fourth-order valence-corrected chi connectivity index (χ4v) is 4.18. The number of aliphatic hydroxyl groups is 1. The second kappa shape index (κ2) is 8.85. The number of anilines is 1. The van der Waals surface area contributed by atoms with Gasteiger partial charge in [-0.15, -0.1) is 0 Å². The summed E-state index contributed by atoms with van der Waals surface area (Å²) in [5.74, 6) is -3.24.